The van der Waals surface area contributed by atoms with Gasteiger partial charge in [0.1, 0.15) is 11.2 Å². The Morgan fingerprint density at radius 1 is 1.06 bits per heavy atom. The van der Waals surface area contributed by atoms with Crippen molar-refractivity contribution in [1.29, 1.82) is 0 Å². The molecule has 3 N–H and O–H groups in total. The number of aryl methyl sites for hydroxylation is 1. The van der Waals surface area contributed by atoms with E-state index in [1.165, 1.54) is 30.6 Å². The Balaban J connectivity index is 2.24. The summed E-state index contributed by atoms with van der Waals surface area (Å²) in [5.41, 5.74) is 0.203. The van der Waals surface area contributed by atoms with Gasteiger partial charge in [-0.05, 0) is 52.8 Å². The fourth-order valence-electron chi connectivity index (χ4n) is 4.69. The Morgan fingerprint density at radius 2 is 1.74 bits per heavy atom. The van der Waals surface area contributed by atoms with Gasteiger partial charge in [0, 0.05) is 18.3 Å². The molecule has 0 bridgehead atoms. The number of pyridine rings is 1. The van der Waals surface area contributed by atoms with Gasteiger partial charge in [0.2, 0.25) is 0 Å². The van der Waals surface area contributed by atoms with Crippen LogP contribution in [0, 0.1) is 18.7 Å². The number of aliphatic hydroxyl groups excluding tert-OH is 2. The molecular weight excluding hydrogens is 433 g/mol. The van der Waals surface area contributed by atoms with Crippen molar-refractivity contribution in [2.24, 2.45) is 5.92 Å². The molecule has 4 atom stereocenters. The number of hydrogen-bond donors (Lipinski definition) is 3. The maximum absolute atomic E-state index is 14.1. The number of hydrogen-bond acceptors (Lipinski definition) is 4. The number of benzene rings is 2. The Labute approximate surface area is 199 Å². The normalized spacial score (nSPS) is 15.9. The van der Waals surface area contributed by atoms with E-state index in [-0.39, 0.29) is 0 Å². The van der Waals surface area contributed by atoms with Gasteiger partial charge in [0.05, 0.1) is 12.2 Å². The van der Waals surface area contributed by atoms with Gasteiger partial charge >= 0.3 is 5.97 Å². The number of carboxylic acid groups (broad SMARTS) is 1. The van der Waals surface area contributed by atoms with E-state index in [1.807, 2.05) is 6.07 Å². The van der Waals surface area contributed by atoms with Crippen LogP contribution in [0.3, 0.4) is 0 Å². The molecule has 0 saturated carbocycles. The first-order chi connectivity index (χ1) is 16.1. The molecule has 3 aromatic rings. The number of rotatable bonds is 9. The zero-order valence-electron chi connectivity index (χ0n) is 19.5. The van der Waals surface area contributed by atoms with Crippen LogP contribution in [0.25, 0.3) is 5.57 Å². The lowest BCUT2D eigenvalue weighted by Crippen LogP contribution is -2.55. The largest absolute Gasteiger partial charge is 0.480 e. The van der Waals surface area contributed by atoms with E-state index < -0.39 is 41.2 Å². The lowest BCUT2D eigenvalue weighted by Gasteiger charge is -2.43. The van der Waals surface area contributed by atoms with E-state index in [1.54, 1.807) is 57.2 Å². The molecule has 0 fully saturated rings. The first-order valence-corrected chi connectivity index (χ1v) is 11.1. The average Bonchev–Trinajstić information content (AvgIpc) is 2.82. The number of halogens is 1. The zero-order chi connectivity index (χ0) is 25.0. The molecule has 2 aromatic carbocycles. The molecule has 0 aliphatic carbocycles. The molecule has 5 nitrogen and oxygen atoms in total. The highest BCUT2D eigenvalue weighted by Gasteiger charge is 2.54. The molecule has 4 unspecified atom stereocenters. The van der Waals surface area contributed by atoms with Gasteiger partial charge < -0.3 is 15.3 Å². The molecule has 0 aliphatic heterocycles. The van der Waals surface area contributed by atoms with Crippen molar-refractivity contribution in [2.75, 3.05) is 0 Å². The Bertz CT molecular complexity index is 1150. The molecule has 178 valence electrons. The van der Waals surface area contributed by atoms with E-state index >= 15 is 0 Å². The zero-order valence-corrected chi connectivity index (χ0v) is 19.5. The summed E-state index contributed by atoms with van der Waals surface area (Å²) >= 11 is 0. The van der Waals surface area contributed by atoms with Crippen molar-refractivity contribution >= 4 is 11.5 Å². The van der Waals surface area contributed by atoms with Gasteiger partial charge in [0.25, 0.3) is 0 Å². The van der Waals surface area contributed by atoms with Gasteiger partial charge in [-0.3, -0.25) is 9.78 Å². The number of aliphatic hydroxyl groups is 2. The van der Waals surface area contributed by atoms with Gasteiger partial charge in [-0.15, -0.1) is 0 Å². The van der Waals surface area contributed by atoms with Gasteiger partial charge in [0.15, 0.2) is 0 Å². The van der Waals surface area contributed by atoms with Crippen LogP contribution in [0.5, 0.6) is 0 Å². The van der Waals surface area contributed by atoms with E-state index in [2.05, 4.69) is 11.6 Å². The second kappa shape index (κ2) is 10.3. The number of nitrogens with zero attached hydrogens (tertiary/aromatic N) is 1. The molecule has 1 aromatic heterocycles. The summed E-state index contributed by atoms with van der Waals surface area (Å²) in [7, 11) is 0. The van der Waals surface area contributed by atoms with Crippen molar-refractivity contribution in [3.63, 3.8) is 0 Å². The lowest BCUT2D eigenvalue weighted by atomic mass is 9.62. The second-order valence-electron chi connectivity index (χ2n) is 8.89. The van der Waals surface area contributed by atoms with Crippen molar-refractivity contribution in [1.82, 2.24) is 4.98 Å². The van der Waals surface area contributed by atoms with Crippen LogP contribution in [-0.2, 0) is 10.2 Å². The Morgan fingerprint density at radius 3 is 2.26 bits per heavy atom. The van der Waals surface area contributed by atoms with Crippen LogP contribution in [0.15, 0.2) is 79.6 Å². The highest BCUT2D eigenvalue weighted by Crippen LogP contribution is 2.45. The van der Waals surface area contributed by atoms with E-state index in [9.17, 15) is 24.5 Å². The summed E-state index contributed by atoms with van der Waals surface area (Å²) in [6.45, 7) is 9.03. The Kier molecular flexibility index (Phi) is 7.64. The summed E-state index contributed by atoms with van der Waals surface area (Å²) in [5, 5.41) is 33.9. The molecule has 0 radical (unpaired) electrons. The van der Waals surface area contributed by atoms with Crippen LogP contribution in [0.4, 0.5) is 4.39 Å². The minimum Gasteiger partial charge on any atom is -0.480 e. The van der Waals surface area contributed by atoms with Gasteiger partial charge in [-0.1, -0.05) is 69.0 Å². The molecule has 0 amide bonds. The van der Waals surface area contributed by atoms with Crippen LogP contribution in [-0.4, -0.2) is 38.5 Å². The second-order valence-corrected chi connectivity index (χ2v) is 8.89. The standard InChI is InChI=1S/C28H30FNO4/c1-17(2)28(27(33)34,22-11-8-14-30-16-22)26(32)24(21-12-13-23(29)18(3)15-21)25(31)19(4)20-9-6-5-7-10-20/h5-17,24-26,31-32H,4H2,1-3H3,(H,33,34). The first-order valence-electron chi connectivity index (χ1n) is 11.1. The maximum atomic E-state index is 14.1. The smallest absolute Gasteiger partial charge is 0.317 e. The number of aromatic nitrogens is 1. The number of aliphatic carboxylic acids is 1. The van der Waals surface area contributed by atoms with Crippen LogP contribution >= 0.6 is 0 Å². The summed E-state index contributed by atoms with van der Waals surface area (Å²) in [5.74, 6) is -3.38. The van der Waals surface area contributed by atoms with E-state index in [4.69, 9.17) is 0 Å². The summed E-state index contributed by atoms with van der Waals surface area (Å²) < 4.78 is 14.1. The van der Waals surface area contributed by atoms with E-state index in [0.717, 1.165) is 0 Å². The molecule has 0 aliphatic rings. The molecule has 0 saturated heterocycles. The average molecular weight is 464 g/mol. The number of carboxylic acids is 1. The van der Waals surface area contributed by atoms with Crippen LogP contribution < -0.4 is 0 Å². The maximum Gasteiger partial charge on any atom is 0.317 e. The fraction of sp³-hybridized carbons (Fsp3) is 0.286. The molecule has 1 heterocycles. The minimum atomic E-state index is -1.81. The van der Waals surface area contributed by atoms with Crippen LogP contribution in [0.1, 0.15) is 42.0 Å². The third kappa shape index (κ3) is 4.52. The Hall–Kier alpha value is -3.35. The minimum absolute atomic E-state index is 0.311. The molecule has 3 rings (SSSR count). The van der Waals surface area contributed by atoms with Crippen molar-refractivity contribution < 1.29 is 24.5 Å². The van der Waals surface area contributed by atoms with Gasteiger partial charge in [-0.2, -0.15) is 0 Å². The first kappa shape index (κ1) is 25.3. The highest BCUT2D eigenvalue weighted by atomic mass is 19.1. The predicted molar refractivity (Wildman–Crippen MR) is 130 cm³/mol. The van der Waals surface area contributed by atoms with Crippen LogP contribution in [0.2, 0.25) is 0 Å². The predicted octanol–water partition coefficient (Wildman–Crippen LogP) is 4.73. The van der Waals surface area contributed by atoms with E-state index in [0.29, 0.717) is 27.8 Å². The number of carbonyl (C=O) groups is 1. The van der Waals surface area contributed by atoms with Crippen molar-refractivity contribution in [3.05, 3.63) is 108 Å². The molecular formula is C28H30FNO4. The lowest BCUT2D eigenvalue weighted by molar-refractivity contribution is -0.153. The SMILES string of the molecule is C=C(c1ccccc1)C(O)C(c1ccc(F)c(C)c1)C(O)C(C(=O)O)(c1cccnc1)C(C)C. The highest BCUT2D eigenvalue weighted by molar-refractivity contribution is 5.83. The molecule has 34 heavy (non-hydrogen) atoms. The summed E-state index contributed by atoms with van der Waals surface area (Å²) in [6.07, 6.45) is -0.00995. The van der Waals surface area contributed by atoms with Gasteiger partial charge in [-0.25, -0.2) is 4.39 Å². The van der Waals surface area contributed by atoms with Crippen molar-refractivity contribution in [2.45, 2.75) is 44.3 Å². The third-order valence-corrected chi connectivity index (χ3v) is 6.62. The quantitative estimate of drug-likeness (QED) is 0.427. The topological polar surface area (TPSA) is 90.7 Å². The monoisotopic (exact) mass is 463 g/mol. The van der Waals surface area contributed by atoms with Crippen molar-refractivity contribution in [3.8, 4) is 0 Å². The summed E-state index contributed by atoms with van der Waals surface area (Å²) in [6, 6.07) is 16.4. The molecule has 6 heteroatoms. The molecule has 0 spiro atoms. The summed E-state index contributed by atoms with van der Waals surface area (Å²) in [4.78, 5) is 17.0. The fourth-order valence-corrected chi connectivity index (χ4v) is 4.69. The third-order valence-electron chi connectivity index (χ3n) is 6.62.